The molecule has 0 aromatic heterocycles. The van der Waals surface area contributed by atoms with Crippen LogP contribution in [0.25, 0.3) is 0 Å². The first-order valence-electron chi connectivity index (χ1n) is 4.97. The van der Waals surface area contributed by atoms with Gasteiger partial charge in [-0.2, -0.15) is 0 Å². The predicted octanol–water partition coefficient (Wildman–Crippen LogP) is 1.90. The maximum absolute atomic E-state index is 11.2. The molecule has 0 spiro atoms. The number of carbonyl (C=O) groups is 1. The molecule has 2 unspecified atom stereocenters. The fourth-order valence-corrected chi connectivity index (χ4v) is 3.70. The van der Waals surface area contributed by atoms with Crippen LogP contribution in [0, 0.1) is 23.2 Å². The molecule has 12 heavy (non-hydrogen) atoms. The van der Waals surface area contributed by atoms with Gasteiger partial charge in [0.1, 0.15) is 0 Å². The first kappa shape index (κ1) is 6.93. The van der Waals surface area contributed by atoms with Crippen LogP contribution in [0.2, 0.25) is 0 Å². The molecule has 4 rings (SSSR count). The highest BCUT2D eigenvalue weighted by Gasteiger charge is 2.64. The standard InChI is InChI=1S/C10H14O2/c11-9(12)10-3-1-6(2-4-10)7-5-8(7)10/h6-8H,1-5H2,(H,11,12). The van der Waals surface area contributed by atoms with Gasteiger partial charge in [-0.3, -0.25) is 4.79 Å². The highest BCUT2D eigenvalue weighted by atomic mass is 16.4. The van der Waals surface area contributed by atoms with Gasteiger partial charge in [0, 0.05) is 0 Å². The van der Waals surface area contributed by atoms with Crippen LogP contribution >= 0.6 is 0 Å². The van der Waals surface area contributed by atoms with Crippen LogP contribution in [0.3, 0.4) is 0 Å². The number of carboxylic acids is 1. The van der Waals surface area contributed by atoms with Crippen molar-refractivity contribution < 1.29 is 9.90 Å². The molecule has 2 atom stereocenters. The molecule has 0 aromatic rings. The fraction of sp³-hybridized carbons (Fsp3) is 0.900. The second kappa shape index (κ2) is 1.86. The summed E-state index contributed by atoms with van der Waals surface area (Å²) < 4.78 is 0. The number of carboxylic acid groups (broad SMARTS) is 1. The average Bonchev–Trinajstić information content (AvgIpc) is 2.85. The summed E-state index contributed by atoms with van der Waals surface area (Å²) in [6, 6.07) is 0. The van der Waals surface area contributed by atoms with Crippen molar-refractivity contribution in [2.75, 3.05) is 0 Å². The number of rotatable bonds is 1. The van der Waals surface area contributed by atoms with E-state index in [1.807, 2.05) is 0 Å². The Labute approximate surface area is 72.0 Å². The summed E-state index contributed by atoms with van der Waals surface area (Å²) in [5.74, 6) is 1.77. The Morgan fingerprint density at radius 3 is 2.50 bits per heavy atom. The smallest absolute Gasteiger partial charge is 0.309 e. The van der Waals surface area contributed by atoms with E-state index < -0.39 is 5.97 Å². The summed E-state index contributed by atoms with van der Waals surface area (Å²) in [5, 5.41) is 9.21. The van der Waals surface area contributed by atoms with E-state index in [-0.39, 0.29) is 5.41 Å². The summed E-state index contributed by atoms with van der Waals surface area (Å²) in [5.41, 5.74) is -0.264. The van der Waals surface area contributed by atoms with Gasteiger partial charge < -0.3 is 5.11 Å². The van der Waals surface area contributed by atoms with E-state index in [1.165, 1.54) is 19.3 Å². The third kappa shape index (κ3) is 0.606. The van der Waals surface area contributed by atoms with Gasteiger partial charge >= 0.3 is 5.97 Å². The largest absolute Gasteiger partial charge is 0.481 e. The molecular weight excluding hydrogens is 152 g/mol. The summed E-state index contributed by atoms with van der Waals surface area (Å²) in [7, 11) is 0. The molecule has 0 aliphatic heterocycles. The summed E-state index contributed by atoms with van der Waals surface area (Å²) in [6.07, 6.45) is 5.53. The molecule has 0 aromatic carbocycles. The van der Waals surface area contributed by atoms with Crippen LogP contribution in [-0.4, -0.2) is 11.1 Å². The Morgan fingerprint density at radius 2 is 2.00 bits per heavy atom. The molecule has 0 saturated heterocycles. The number of hydrogen-bond acceptors (Lipinski definition) is 1. The zero-order valence-electron chi connectivity index (χ0n) is 7.12. The molecule has 4 fully saturated rings. The fourth-order valence-electron chi connectivity index (χ4n) is 3.70. The molecule has 4 aliphatic rings. The highest BCUT2D eigenvalue weighted by Crippen LogP contribution is 2.68. The topological polar surface area (TPSA) is 37.3 Å². The molecular formula is C10H14O2. The molecule has 2 nitrogen and oxygen atoms in total. The van der Waals surface area contributed by atoms with E-state index in [4.69, 9.17) is 0 Å². The number of fused-ring (bicyclic) bond motifs is 2. The SMILES string of the molecule is O=C(O)C12CCC(CC1)C1CC12. The molecule has 4 saturated carbocycles. The Kier molecular flexibility index (Phi) is 1.07. The average molecular weight is 166 g/mol. The van der Waals surface area contributed by atoms with Crippen molar-refractivity contribution in [2.24, 2.45) is 23.2 Å². The van der Waals surface area contributed by atoms with Crippen molar-refractivity contribution in [2.45, 2.75) is 32.1 Å². The Morgan fingerprint density at radius 1 is 1.33 bits per heavy atom. The quantitative estimate of drug-likeness (QED) is 0.646. The van der Waals surface area contributed by atoms with Crippen molar-refractivity contribution >= 4 is 5.97 Å². The van der Waals surface area contributed by atoms with Crippen molar-refractivity contribution in [1.82, 2.24) is 0 Å². The molecule has 0 heterocycles. The van der Waals surface area contributed by atoms with Crippen LogP contribution in [0.1, 0.15) is 32.1 Å². The molecule has 1 N–H and O–H groups in total. The predicted molar refractivity (Wildman–Crippen MR) is 43.6 cm³/mol. The van der Waals surface area contributed by atoms with Crippen molar-refractivity contribution in [3.05, 3.63) is 0 Å². The van der Waals surface area contributed by atoms with E-state index in [1.54, 1.807) is 0 Å². The molecule has 2 heteroatoms. The molecule has 2 bridgehead atoms. The van der Waals surface area contributed by atoms with Crippen LogP contribution in [0.15, 0.2) is 0 Å². The lowest BCUT2D eigenvalue weighted by Gasteiger charge is -2.42. The third-order valence-corrected chi connectivity index (χ3v) is 4.50. The lowest BCUT2D eigenvalue weighted by Crippen LogP contribution is -2.42. The van der Waals surface area contributed by atoms with Crippen molar-refractivity contribution in [3.8, 4) is 0 Å². The van der Waals surface area contributed by atoms with Gasteiger partial charge in [0.15, 0.2) is 0 Å². The molecule has 66 valence electrons. The maximum atomic E-state index is 11.2. The minimum atomic E-state index is -0.506. The van der Waals surface area contributed by atoms with Crippen LogP contribution in [-0.2, 0) is 4.79 Å². The molecule has 0 amide bonds. The second-order valence-corrected chi connectivity index (χ2v) is 4.80. The monoisotopic (exact) mass is 166 g/mol. The van der Waals surface area contributed by atoms with Crippen molar-refractivity contribution in [1.29, 1.82) is 0 Å². The van der Waals surface area contributed by atoms with Gasteiger partial charge in [0.25, 0.3) is 0 Å². The van der Waals surface area contributed by atoms with Gasteiger partial charge in [0.2, 0.25) is 0 Å². The van der Waals surface area contributed by atoms with Crippen molar-refractivity contribution in [3.63, 3.8) is 0 Å². The third-order valence-electron chi connectivity index (χ3n) is 4.50. The summed E-state index contributed by atoms with van der Waals surface area (Å²) in [4.78, 5) is 11.2. The van der Waals surface area contributed by atoms with E-state index in [9.17, 15) is 9.90 Å². The Balaban J connectivity index is 1.99. The zero-order valence-corrected chi connectivity index (χ0v) is 7.12. The highest BCUT2D eigenvalue weighted by molar-refractivity contribution is 5.76. The van der Waals surface area contributed by atoms with Crippen LogP contribution in [0.5, 0.6) is 0 Å². The molecule has 0 radical (unpaired) electrons. The second-order valence-electron chi connectivity index (χ2n) is 4.80. The van der Waals surface area contributed by atoms with Gasteiger partial charge in [-0.1, -0.05) is 0 Å². The summed E-state index contributed by atoms with van der Waals surface area (Å²) >= 11 is 0. The van der Waals surface area contributed by atoms with E-state index in [2.05, 4.69) is 0 Å². The van der Waals surface area contributed by atoms with Crippen LogP contribution < -0.4 is 0 Å². The minimum Gasteiger partial charge on any atom is -0.481 e. The minimum absolute atomic E-state index is 0.264. The Hall–Kier alpha value is -0.530. The normalized spacial score (nSPS) is 54.8. The van der Waals surface area contributed by atoms with E-state index >= 15 is 0 Å². The lowest BCUT2D eigenvalue weighted by molar-refractivity contribution is -0.156. The number of hydrogen-bond donors (Lipinski definition) is 1. The van der Waals surface area contributed by atoms with E-state index in [0.29, 0.717) is 5.92 Å². The van der Waals surface area contributed by atoms with Gasteiger partial charge in [-0.25, -0.2) is 0 Å². The van der Waals surface area contributed by atoms with Gasteiger partial charge in [0.05, 0.1) is 5.41 Å². The van der Waals surface area contributed by atoms with Gasteiger partial charge in [-0.05, 0) is 49.9 Å². The first-order valence-corrected chi connectivity index (χ1v) is 4.97. The van der Waals surface area contributed by atoms with Crippen LogP contribution in [0.4, 0.5) is 0 Å². The summed E-state index contributed by atoms with van der Waals surface area (Å²) in [6.45, 7) is 0. The first-order chi connectivity index (χ1) is 5.74. The molecule has 4 aliphatic carbocycles. The van der Waals surface area contributed by atoms with Gasteiger partial charge in [-0.15, -0.1) is 0 Å². The number of aliphatic carboxylic acids is 1. The lowest BCUT2D eigenvalue weighted by atomic mass is 9.61. The van der Waals surface area contributed by atoms with E-state index in [0.717, 1.165) is 24.7 Å². The zero-order chi connectivity index (χ0) is 8.34. The Bertz CT molecular complexity index is 238. The maximum Gasteiger partial charge on any atom is 0.309 e.